The molecule has 0 N–H and O–H groups in total. The van der Waals surface area contributed by atoms with E-state index >= 15 is 18.0 Å². The van der Waals surface area contributed by atoms with Crippen LogP contribution in [0.4, 0.5) is 5.69 Å². The first-order valence-corrected chi connectivity index (χ1v) is 20.2. The highest BCUT2D eigenvalue weighted by Crippen LogP contribution is 2.67. The van der Waals surface area contributed by atoms with Crippen LogP contribution in [0.1, 0.15) is 163 Å². The van der Waals surface area contributed by atoms with Gasteiger partial charge in [0.1, 0.15) is 6.17 Å². The number of allylic oxidation sites excluding steroid dienone is 1. The van der Waals surface area contributed by atoms with Gasteiger partial charge in [0.15, 0.2) is 10.2 Å². The minimum Gasteiger partial charge on any atom is -0.382 e. The van der Waals surface area contributed by atoms with Crippen molar-refractivity contribution >= 4 is 56.6 Å². The van der Waals surface area contributed by atoms with Gasteiger partial charge in [0, 0.05) is 27.2 Å². The number of likely N-dealkylation sites (N-methyl/N-ethyl adjacent to an activating group) is 1. The third kappa shape index (κ3) is 14.6. The van der Waals surface area contributed by atoms with Crippen molar-refractivity contribution in [3.8, 4) is 0 Å². The molecular formula is C54H109N3O7S3. The van der Waals surface area contributed by atoms with Crippen molar-refractivity contribution in [1.29, 1.82) is 0 Å². The van der Waals surface area contributed by atoms with Gasteiger partial charge in [0.25, 0.3) is 21.8 Å². The number of piperazine rings is 1. The predicted molar refractivity (Wildman–Crippen MR) is 310 cm³/mol. The Morgan fingerprint density at radius 1 is 0.687 bits per heavy atom. The van der Waals surface area contributed by atoms with Crippen molar-refractivity contribution in [3.63, 3.8) is 0 Å². The number of hydrogen-bond acceptors (Lipinski definition) is 9. The number of thioether (sulfide) groups is 2. The molecule has 3 aliphatic heterocycles. The molecule has 3 heterocycles. The number of carbonyl (C=O) groups is 2. The number of carbonyl (C=O) groups excluding carboxylic acids is 2. The average molecular weight is 1010 g/mol. The Kier molecular flexibility index (Phi) is 49.3. The summed E-state index contributed by atoms with van der Waals surface area (Å²) in [6.07, 6.45) is 2.69. The topological polar surface area (TPSA) is 106 Å². The predicted octanol–water partition coefficient (Wildman–Crippen LogP) is 16.1. The molecule has 0 aromatic heterocycles. The number of fused-ring (bicyclic) bond motifs is 6. The van der Waals surface area contributed by atoms with Crippen LogP contribution in [-0.2, 0) is 45.7 Å². The lowest BCUT2D eigenvalue weighted by Gasteiger charge is -2.49. The normalized spacial score (nSPS) is 19.0. The number of amides is 2. The number of para-hydroxylation sites is 1. The van der Waals surface area contributed by atoms with E-state index in [-0.39, 0.29) is 161 Å². The van der Waals surface area contributed by atoms with Crippen LogP contribution in [-0.4, -0.2) is 92.3 Å². The molecule has 2 saturated heterocycles. The molecule has 3 aromatic rings. The Labute approximate surface area is 427 Å². The lowest BCUT2D eigenvalue weighted by molar-refractivity contribution is -0.157. The van der Waals surface area contributed by atoms with Gasteiger partial charge in [-0.25, -0.2) is 12.7 Å². The van der Waals surface area contributed by atoms with Crippen molar-refractivity contribution in [1.82, 2.24) is 9.80 Å². The van der Waals surface area contributed by atoms with Gasteiger partial charge in [0.2, 0.25) is 0 Å². The zero-order chi connectivity index (χ0) is 35.1. The molecule has 67 heavy (non-hydrogen) atoms. The van der Waals surface area contributed by atoms with Gasteiger partial charge in [-0.15, -0.1) is 0 Å². The summed E-state index contributed by atoms with van der Waals surface area (Å²) in [6.45, 7) is 3.19. The number of ether oxygens (including phenoxy) is 3. The molecule has 13 heteroatoms. The molecule has 0 saturated carbocycles. The molecule has 4 atom stereocenters. The quantitative estimate of drug-likeness (QED) is 0.115. The summed E-state index contributed by atoms with van der Waals surface area (Å²) >= 11 is 2.48. The first-order chi connectivity index (χ1) is 24.2. The summed E-state index contributed by atoms with van der Waals surface area (Å²) in [5, 5.41) is -0.923. The van der Waals surface area contributed by atoms with Crippen LogP contribution in [0.5, 0.6) is 0 Å². The summed E-state index contributed by atoms with van der Waals surface area (Å²) in [5.74, 6) is -0.325. The second kappa shape index (κ2) is 36.6. The fraction of sp³-hybridized carbons (Fsp3) is 0.593. The van der Waals surface area contributed by atoms with Gasteiger partial charge in [-0.1, -0.05) is 223 Å². The largest absolute Gasteiger partial charge is 0.382 e. The Morgan fingerprint density at radius 3 is 1.81 bits per heavy atom. The van der Waals surface area contributed by atoms with Gasteiger partial charge in [-0.3, -0.25) is 14.5 Å². The molecule has 2 fully saturated rings. The van der Waals surface area contributed by atoms with E-state index in [1.54, 1.807) is 49.4 Å². The summed E-state index contributed by atoms with van der Waals surface area (Å²) in [4.78, 5) is 32.0. The monoisotopic (exact) mass is 1010 g/mol. The van der Waals surface area contributed by atoms with Crippen LogP contribution in [0, 0.1) is 0 Å². The Hall–Kier alpha value is -3.33. The summed E-state index contributed by atoms with van der Waals surface area (Å²) in [7, 11) is -1.02. The maximum Gasteiger partial charge on any atom is 0.266 e. The van der Waals surface area contributed by atoms with Gasteiger partial charge >= 0.3 is 0 Å². The highest BCUT2D eigenvalue weighted by Gasteiger charge is 2.75. The van der Waals surface area contributed by atoms with Crippen LogP contribution in [0.3, 0.4) is 0 Å². The number of hydrogen-bond donors (Lipinski definition) is 0. The molecule has 0 radical (unpaired) electrons. The number of sulfonamides is 1. The van der Waals surface area contributed by atoms with E-state index in [1.807, 2.05) is 43.3 Å². The molecule has 7 rings (SSSR count). The number of methoxy groups -OCH3 is 1. The third-order valence-corrected chi connectivity index (χ3v) is 14.2. The summed E-state index contributed by atoms with van der Waals surface area (Å²) < 4.78 is 48.4. The van der Waals surface area contributed by atoms with E-state index < -0.39 is 31.8 Å². The van der Waals surface area contributed by atoms with E-state index in [4.69, 9.17) is 14.2 Å². The standard InChI is InChI=1S/C37H41N3O7S3.17CH4/c1-4-20-46-24-48-33-32(41)39-34-36(29-19-18-26-12-8-9-15-28(26)29,23-37(39,35(42)38(33)2)49-25-47-22-21-45-3)30-16-10-11-17-31(30)40(34)50(43,44)27-13-6-5-7-14-27;;;;;;;;;;;;;;;;;/h5-17,19,33-34H,4,18,20-25H2,1-3H3;17*1H4/t33-,34-,36-,37-;;;;;;;;;;;;;;;;;/m0................./s1. The second-order valence-corrected chi connectivity index (χ2v) is 16.8. The average Bonchev–Trinajstić information content (AvgIpc) is 3.78. The van der Waals surface area contributed by atoms with Gasteiger partial charge in [-0.05, 0) is 53.3 Å². The smallest absolute Gasteiger partial charge is 0.266 e. The summed E-state index contributed by atoms with van der Waals surface area (Å²) in [5.41, 5.74) is 3.20. The van der Waals surface area contributed by atoms with Gasteiger partial charge in [-0.2, -0.15) is 0 Å². The van der Waals surface area contributed by atoms with Crippen LogP contribution >= 0.6 is 23.5 Å². The number of anilines is 1. The third-order valence-electron chi connectivity index (χ3n) is 9.98. The van der Waals surface area contributed by atoms with E-state index in [0.717, 1.165) is 28.7 Å². The van der Waals surface area contributed by atoms with Crippen molar-refractivity contribution in [2.45, 2.75) is 179 Å². The van der Waals surface area contributed by atoms with Gasteiger partial charge < -0.3 is 19.1 Å². The molecular weight excluding hydrogens is 899 g/mol. The number of rotatable bonds is 14. The summed E-state index contributed by atoms with van der Waals surface area (Å²) in [6, 6.07) is 23.9. The lowest BCUT2D eigenvalue weighted by atomic mass is 9.70. The highest BCUT2D eigenvalue weighted by atomic mass is 32.2. The molecule has 0 bridgehead atoms. The van der Waals surface area contributed by atoms with Crippen molar-refractivity contribution in [3.05, 3.63) is 102 Å². The molecule has 2 amide bonds. The van der Waals surface area contributed by atoms with Crippen LogP contribution in [0.15, 0.2) is 89.8 Å². The zero-order valence-electron chi connectivity index (χ0n) is 28.3. The van der Waals surface area contributed by atoms with Crippen molar-refractivity contribution in [2.24, 2.45) is 0 Å². The molecule has 4 aliphatic rings. The SMILES string of the molecule is C.C.C.C.C.C.C.C.C.C.C.C.C.C.C.C.C.CCCOCS[C@H]1C(=O)N2[C@H]3N(S(=O)(=O)c4ccccc4)c4ccccc4[C@@]3(C3=CCc4ccccc43)C[C@]2(SCOCCOC)C(=O)N1C. The van der Waals surface area contributed by atoms with Crippen molar-refractivity contribution in [2.75, 3.05) is 50.2 Å². The maximum atomic E-state index is 15.2. The Morgan fingerprint density at radius 2 is 1.22 bits per heavy atom. The minimum absolute atomic E-state index is 0. The fourth-order valence-corrected chi connectivity index (χ4v) is 11.8. The number of benzene rings is 3. The molecule has 0 spiro atoms. The van der Waals surface area contributed by atoms with Crippen LogP contribution in [0.2, 0.25) is 0 Å². The Bertz CT molecular complexity index is 1910. The molecule has 1 aliphatic carbocycles. The highest BCUT2D eigenvalue weighted by molar-refractivity contribution is 8.01. The molecule has 3 aromatic carbocycles. The number of nitrogens with zero attached hydrogens (tertiary/aromatic N) is 3. The minimum atomic E-state index is -4.26. The van der Waals surface area contributed by atoms with Gasteiger partial charge in [0.05, 0.1) is 41.1 Å². The zero-order valence-corrected chi connectivity index (χ0v) is 30.8. The first kappa shape index (κ1) is 90.1. The van der Waals surface area contributed by atoms with Crippen molar-refractivity contribution < 1.29 is 32.2 Å². The maximum absolute atomic E-state index is 15.2. The molecule has 0 unspecified atom stereocenters. The Balaban J connectivity index is -0.000000205. The van der Waals surface area contributed by atoms with E-state index in [0.29, 0.717) is 31.9 Å². The molecule has 10 nitrogen and oxygen atoms in total. The fourth-order valence-electron chi connectivity index (χ4n) is 7.90. The van der Waals surface area contributed by atoms with E-state index in [1.165, 1.54) is 32.7 Å². The van der Waals surface area contributed by atoms with E-state index in [2.05, 4.69) is 18.2 Å². The van der Waals surface area contributed by atoms with Crippen LogP contribution < -0.4 is 4.31 Å². The van der Waals surface area contributed by atoms with E-state index in [9.17, 15) is 0 Å². The van der Waals surface area contributed by atoms with Crippen LogP contribution in [0.25, 0.3) is 5.57 Å². The first-order valence-electron chi connectivity index (χ1n) is 16.7. The lowest BCUT2D eigenvalue weighted by Crippen LogP contribution is -2.70. The molecule has 400 valence electrons. The second-order valence-electron chi connectivity index (χ2n) is 12.7.